The quantitative estimate of drug-likeness (QED) is 0.332. The average molecular weight is 616 g/mol. The topological polar surface area (TPSA) is 153 Å². The van der Waals surface area contributed by atoms with Gasteiger partial charge in [0, 0.05) is 42.3 Å². The molecular weight excluding hydrogens is 550 g/mol. The molecule has 248 valence electrons. The SMILES string of the molecule is C.CCNC1=CCCCC1C1C=CCC(CN[C@@H](CN2CC[C@H](C3=CC=C(Cl)CC3)C(C)(C)C2)C(C)C)C1.O.O.O.O. The van der Waals surface area contributed by atoms with Gasteiger partial charge >= 0.3 is 0 Å². The van der Waals surface area contributed by atoms with Crippen molar-refractivity contribution in [1.82, 2.24) is 15.5 Å². The van der Waals surface area contributed by atoms with Gasteiger partial charge in [-0.2, -0.15) is 0 Å². The molecule has 42 heavy (non-hydrogen) atoms. The van der Waals surface area contributed by atoms with Crippen molar-refractivity contribution in [2.24, 2.45) is 35.0 Å². The van der Waals surface area contributed by atoms with Gasteiger partial charge in [-0.1, -0.05) is 76.6 Å². The van der Waals surface area contributed by atoms with Crippen LogP contribution < -0.4 is 10.6 Å². The van der Waals surface area contributed by atoms with Gasteiger partial charge in [-0.15, -0.1) is 0 Å². The fourth-order valence-corrected chi connectivity index (χ4v) is 7.72. The van der Waals surface area contributed by atoms with Crippen LogP contribution in [0.2, 0.25) is 0 Å². The van der Waals surface area contributed by atoms with Crippen LogP contribution in [-0.4, -0.2) is 65.6 Å². The zero-order chi connectivity index (χ0) is 26.4. The third-order valence-corrected chi connectivity index (χ3v) is 9.97. The summed E-state index contributed by atoms with van der Waals surface area (Å²) in [7, 11) is 0. The Kier molecular flexibility index (Phi) is 20.4. The lowest BCUT2D eigenvalue weighted by molar-refractivity contribution is 0.0598. The molecule has 4 aliphatic rings. The second-order valence-corrected chi connectivity index (χ2v) is 13.8. The molecule has 8 heteroatoms. The molecule has 7 nitrogen and oxygen atoms in total. The van der Waals surface area contributed by atoms with Gasteiger partial charge in [-0.05, 0) is 107 Å². The number of nitrogens with one attached hydrogen (secondary N) is 2. The molecule has 0 amide bonds. The molecule has 1 fully saturated rings. The maximum atomic E-state index is 6.25. The molecule has 0 aromatic rings. The van der Waals surface area contributed by atoms with Crippen molar-refractivity contribution < 1.29 is 21.9 Å². The van der Waals surface area contributed by atoms with Gasteiger partial charge in [0.25, 0.3) is 0 Å². The summed E-state index contributed by atoms with van der Waals surface area (Å²) < 4.78 is 0. The summed E-state index contributed by atoms with van der Waals surface area (Å²) in [4.78, 5) is 2.75. The molecular formula is C34H66ClN3O4. The van der Waals surface area contributed by atoms with E-state index < -0.39 is 0 Å². The Hall–Kier alpha value is -1.19. The summed E-state index contributed by atoms with van der Waals surface area (Å²) in [5.41, 5.74) is 3.45. The minimum atomic E-state index is 0. The number of allylic oxidation sites excluding steroid dienone is 8. The normalized spacial score (nSPS) is 27.7. The van der Waals surface area contributed by atoms with Gasteiger partial charge in [0.15, 0.2) is 0 Å². The van der Waals surface area contributed by atoms with Crippen molar-refractivity contribution in [3.63, 3.8) is 0 Å². The lowest BCUT2D eigenvalue weighted by atomic mass is 9.68. The second kappa shape index (κ2) is 20.0. The van der Waals surface area contributed by atoms with Crippen molar-refractivity contribution in [3.8, 4) is 0 Å². The minimum Gasteiger partial charge on any atom is -0.412 e. The third kappa shape index (κ3) is 11.4. The summed E-state index contributed by atoms with van der Waals surface area (Å²) in [6.07, 6.45) is 21.9. The number of likely N-dealkylation sites (tertiary alicyclic amines) is 1. The van der Waals surface area contributed by atoms with Crippen LogP contribution in [0.3, 0.4) is 0 Å². The highest BCUT2D eigenvalue weighted by Gasteiger charge is 2.38. The Morgan fingerprint density at radius 3 is 2.43 bits per heavy atom. The summed E-state index contributed by atoms with van der Waals surface area (Å²) in [6, 6.07) is 0.555. The first-order chi connectivity index (χ1) is 17.8. The summed E-state index contributed by atoms with van der Waals surface area (Å²) in [5.74, 6) is 3.47. The van der Waals surface area contributed by atoms with Crippen LogP contribution in [0.4, 0.5) is 0 Å². The number of hydrogen-bond acceptors (Lipinski definition) is 3. The molecule has 1 heterocycles. The van der Waals surface area contributed by atoms with E-state index in [0.717, 1.165) is 36.9 Å². The van der Waals surface area contributed by atoms with E-state index in [-0.39, 0.29) is 29.3 Å². The number of nitrogens with zero attached hydrogens (tertiary/aromatic N) is 1. The summed E-state index contributed by atoms with van der Waals surface area (Å²) in [6.45, 7) is 17.8. The Bertz CT molecular complexity index is 886. The van der Waals surface area contributed by atoms with E-state index in [0.29, 0.717) is 35.1 Å². The molecule has 0 bridgehead atoms. The van der Waals surface area contributed by atoms with E-state index in [9.17, 15) is 0 Å². The smallest absolute Gasteiger partial charge is 0.0218 e. The molecule has 0 radical (unpaired) electrons. The van der Waals surface area contributed by atoms with Gasteiger partial charge in [-0.3, -0.25) is 0 Å². The van der Waals surface area contributed by atoms with Crippen molar-refractivity contribution in [2.45, 2.75) is 99.5 Å². The fraction of sp³-hybridized carbons (Fsp3) is 0.765. The first kappa shape index (κ1) is 42.9. The monoisotopic (exact) mass is 615 g/mol. The van der Waals surface area contributed by atoms with Crippen molar-refractivity contribution in [3.05, 3.63) is 46.7 Å². The predicted octanol–water partition coefficient (Wildman–Crippen LogP) is 5.00. The molecule has 0 aromatic heterocycles. The molecule has 1 aliphatic heterocycles. The van der Waals surface area contributed by atoms with Crippen LogP contribution >= 0.6 is 11.6 Å². The van der Waals surface area contributed by atoms with Gasteiger partial charge in [0.05, 0.1) is 0 Å². The Labute approximate surface area is 262 Å². The van der Waals surface area contributed by atoms with Gasteiger partial charge in [0.2, 0.25) is 0 Å². The first-order valence-corrected chi connectivity index (χ1v) is 15.8. The number of piperidine rings is 1. The zero-order valence-electron chi connectivity index (χ0n) is 26.4. The maximum absolute atomic E-state index is 6.25. The van der Waals surface area contributed by atoms with Crippen LogP contribution in [0.5, 0.6) is 0 Å². The fourth-order valence-electron chi connectivity index (χ4n) is 7.56. The molecule has 4 rings (SSSR count). The van der Waals surface area contributed by atoms with Gasteiger partial charge in [-0.25, -0.2) is 0 Å². The number of halogens is 1. The van der Waals surface area contributed by atoms with Crippen LogP contribution in [0.25, 0.3) is 0 Å². The summed E-state index contributed by atoms with van der Waals surface area (Å²) in [5, 5.41) is 8.76. The number of hydrogen-bond donors (Lipinski definition) is 2. The molecule has 3 unspecified atom stereocenters. The molecule has 10 N–H and O–H groups in total. The molecule has 0 spiro atoms. The van der Waals surface area contributed by atoms with Crippen LogP contribution in [0, 0.1) is 35.0 Å². The third-order valence-electron chi connectivity index (χ3n) is 9.65. The molecule has 3 aliphatic carbocycles. The molecule has 5 atom stereocenters. The summed E-state index contributed by atoms with van der Waals surface area (Å²) >= 11 is 6.25. The van der Waals surface area contributed by atoms with Crippen LogP contribution in [0.15, 0.2) is 46.7 Å². The second-order valence-electron chi connectivity index (χ2n) is 13.3. The van der Waals surface area contributed by atoms with Crippen LogP contribution in [0.1, 0.15) is 93.4 Å². The molecule has 0 aromatic carbocycles. The van der Waals surface area contributed by atoms with E-state index in [1.807, 2.05) is 0 Å². The Morgan fingerprint density at radius 2 is 1.81 bits per heavy atom. The average Bonchev–Trinajstić information content (AvgIpc) is 2.87. The van der Waals surface area contributed by atoms with E-state index >= 15 is 0 Å². The van der Waals surface area contributed by atoms with Crippen molar-refractivity contribution in [1.29, 1.82) is 0 Å². The highest BCUT2D eigenvalue weighted by Crippen LogP contribution is 2.43. The standard InChI is InChI=1S/C33H54ClN3.CH4.4H2O/c1-6-35-31-13-8-7-12-29(31)27-11-9-10-25(20-27)21-36-32(24(2)3)22-37-19-18-30(33(4,5)23-37)26-14-16-28(34)17-15-26;;;;;/h9,11,13-14,16,24-25,27,29-30,32,35-36H,6-8,10,12,15,17-23H2,1-5H3;1H4;4*1H2/t25?,27?,29?,30-,32+;;;;;/m1...../s1. The van der Waals surface area contributed by atoms with Gasteiger partial charge in [0.1, 0.15) is 0 Å². The number of rotatable bonds is 10. The first-order valence-electron chi connectivity index (χ1n) is 15.4. The van der Waals surface area contributed by atoms with E-state index in [4.69, 9.17) is 11.6 Å². The van der Waals surface area contributed by atoms with Crippen molar-refractivity contribution >= 4 is 11.6 Å². The minimum absolute atomic E-state index is 0. The largest absolute Gasteiger partial charge is 0.412 e. The van der Waals surface area contributed by atoms with Crippen molar-refractivity contribution in [2.75, 3.05) is 32.7 Å². The molecule has 1 saturated heterocycles. The lowest BCUT2D eigenvalue weighted by Crippen LogP contribution is -2.52. The highest BCUT2D eigenvalue weighted by atomic mass is 35.5. The Morgan fingerprint density at radius 1 is 1.07 bits per heavy atom. The lowest BCUT2D eigenvalue weighted by Gasteiger charge is -2.47. The van der Waals surface area contributed by atoms with E-state index in [2.05, 4.69) is 80.5 Å². The van der Waals surface area contributed by atoms with Crippen LogP contribution in [-0.2, 0) is 0 Å². The highest BCUT2D eigenvalue weighted by molar-refractivity contribution is 6.29. The zero-order valence-corrected chi connectivity index (χ0v) is 27.1. The molecule has 0 saturated carbocycles. The van der Waals surface area contributed by atoms with E-state index in [1.165, 1.54) is 63.9 Å². The van der Waals surface area contributed by atoms with Gasteiger partial charge < -0.3 is 37.4 Å². The maximum Gasteiger partial charge on any atom is 0.0218 e. The Balaban J connectivity index is 0. The van der Waals surface area contributed by atoms with E-state index in [1.54, 1.807) is 5.57 Å². The predicted molar refractivity (Wildman–Crippen MR) is 182 cm³/mol.